The van der Waals surface area contributed by atoms with Gasteiger partial charge in [0, 0.05) is 31.6 Å². The molecule has 6 nitrogen and oxygen atoms in total. The average molecular weight is 421 g/mol. The van der Waals surface area contributed by atoms with Crippen LogP contribution < -0.4 is 0 Å². The molecule has 0 aromatic heterocycles. The van der Waals surface area contributed by atoms with Crippen molar-refractivity contribution < 1.29 is 19.1 Å². The normalized spacial score (nSPS) is 17.4. The van der Waals surface area contributed by atoms with Crippen molar-refractivity contribution in [3.63, 3.8) is 0 Å². The summed E-state index contributed by atoms with van der Waals surface area (Å²) in [5.41, 5.74) is 2.65. The molecule has 2 aliphatic heterocycles. The van der Waals surface area contributed by atoms with Gasteiger partial charge < -0.3 is 14.5 Å². The highest BCUT2D eigenvalue weighted by atomic mass is 16.5. The third-order valence-corrected chi connectivity index (χ3v) is 6.21. The Labute approximate surface area is 182 Å². The maximum absolute atomic E-state index is 13.6. The molecule has 1 fully saturated rings. The van der Waals surface area contributed by atoms with Crippen molar-refractivity contribution in [3.8, 4) is 0 Å². The number of fused-ring (bicyclic) bond motifs is 1. The van der Waals surface area contributed by atoms with Crippen LogP contribution in [0, 0.1) is 5.92 Å². The van der Waals surface area contributed by atoms with Crippen LogP contribution in [0.5, 0.6) is 0 Å². The van der Waals surface area contributed by atoms with E-state index in [0.717, 1.165) is 11.1 Å². The molecule has 2 aromatic carbocycles. The largest absolute Gasteiger partial charge is 0.466 e. The molecular weight excluding hydrogens is 392 g/mol. The highest BCUT2D eigenvalue weighted by Gasteiger charge is 2.39. The first kappa shape index (κ1) is 21.1. The van der Waals surface area contributed by atoms with Crippen LogP contribution in [0.25, 0.3) is 0 Å². The summed E-state index contributed by atoms with van der Waals surface area (Å²) in [6.07, 6.45) is 1.66. The Morgan fingerprint density at radius 3 is 2.39 bits per heavy atom. The van der Waals surface area contributed by atoms with Gasteiger partial charge in [-0.1, -0.05) is 48.5 Å². The van der Waals surface area contributed by atoms with Crippen LogP contribution in [0.3, 0.4) is 0 Å². The molecule has 0 unspecified atom stereocenters. The summed E-state index contributed by atoms with van der Waals surface area (Å²) in [5.74, 6) is -0.478. The second kappa shape index (κ2) is 9.33. The molecule has 162 valence electrons. The van der Waals surface area contributed by atoms with E-state index in [1.807, 2.05) is 54.6 Å². The van der Waals surface area contributed by atoms with Gasteiger partial charge in [0.15, 0.2) is 0 Å². The smallest absolute Gasteiger partial charge is 0.309 e. The summed E-state index contributed by atoms with van der Waals surface area (Å²) in [5, 5.41) is 0. The van der Waals surface area contributed by atoms with E-state index in [0.29, 0.717) is 51.1 Å². The van der Waals surface area contributed by atoms with Crippen molar-refractivity contribution in [2.75, 3.05) is 19.7 Å². The molecule has 0 spiro atoms. The lowest BCUT2D eigenvalue weighted by atomic mass is 9.95. The number of rotatable bonds is 6. The zero-order valence-corrected chi connectivity index (χ0v) is 17.8. The summed E-state index contributed by atoms with van der Waals surface area (Å²) in [4.78, 5) is 42.3. The minimum atomic E-state index is -0.568. The highest BCUT2D eigenvalue weighted by Crippen LogP contribution is 2.28. The summed E-state index contributed by atoms with van der Waals surface area (Å²) < 4.78 is 5.14. The van der Waals surface area contributed by atoms with E-state index in [1.165, 1.54) is 0 Å². The highest BCUT2D eigenvalue weighted by molar-refractivity contribution is 6.01. The minimum Gasteiger partial charge on any atom is -0.466 e. The molecule has 2 heterocycles. The Bertz CT molecular complexity index is 951. The van der Waals surface area contributed by atoms with Gasteiger partial charge in [-0.2, -0.15) is 0 Å². The Morgan fingerprint density at radius 1 is 1.03 bits per heavy atom. The molecule has 0 aliphatic carbocycles. The van der Waals surface area contributed by atoms with Crippen LogP contribution in [-0.2, 0) is 27.3 Å². The van der Waals surface area contributed by atoms with Crippen LogP contribution >= 0.6 is 0 Å². The number of amides is 2. The van der Waals surface area contributed by atoms with Crippen LogP contribution in [0.1, 0.15) is 41.3 Å². The molecule has 0 N–H and O–H groups in total. The Hall–Kier alpha value is -3.15. The fourth-order valence-electron chi connectivity index (χ4n) is 4.50. The van der Waals surface area contributed by atoms with Gasteiger partial charge in [-0.3, -0.25) is 14.4 Å². The maximum Gasteiger partial charge on any atom is 0.309 e. The lowest BCUT2D eigenvalue weighted by molar-refractivity contribution is -0.151. The molecule has 6 heteroatoms. The van der Waals surface area contributed by atoms with E-state index in [2.05, 4.69) is 0 Å². The minimum absolute atomic E-state index is 0.0488. The monoisotopic (exact) mass is 420 g/mol. The van der Waals surface area contributed by atoms with Gasteiger partial charge in [-0.05, 0) is 37.0 Å². The summed E-state index contributed by atoms with van der Waals surface area (Å²) in [6.45, 7) is 3.62. The van der Waals surface area contributed by atoms with Gasteiger partial charge in [-0.15, -0.1) is 0 Å². The average Bonchev–Trinajstić information content (AvgIpc) is 3.14. The van der Waals surface area contributed by atoms with Crippen LogP contribution in [0.2, 0.25) is 0 Å². The van der Waals surface area contributed by atoms with Crippen molar-refractivity contribution in [3.05, 3.63) is 71.3 Å². The second-order valence-electron chi connectivity index (χ2n) is 8.15. The van der Waals surface area contributed by atoms with Gasteiger partial charge in [-0.25, -0.2) is 0 Å². The summed E-state index contributed by atoms with van der Waals surface area (Å²) >= 11 is 0. The first-order valence-electron chi connectivity index (χ1n) is 11.0. The number of ether oxygens (including phenoxy) is 1. The number of piperidine rings is 1. The van der Waals surface area contributed by atoms with E-state index in [1.54, 1.807) is 16.7 Å². The van der Waals surface area contributed by atoms with E-state index in [4.69, 9.17) is 4.74 Å². The lowest BCUT2D eigenvalue weighted by Gasteiger charge is -2.36. The van der Waals surface area contributed by atoms with Crippen molar-refractivity contribution in [1.29, 1.82) is 0 Å². The number of carbonyl (C=O) groups is 3. The second-order valence-corrected chi connectivity index (χ2v) is 8.15. The molecule has 4 rings (SSSR count). The molecule has 31 heavy (non-hydrogen) atoms. The van der Waals surface area contributed by atoms with Gasteiger partial charge in [0.2, 0.25) is 5.91 Å². The van der Waals surface area contributed by atoms with Gasteiger partial charge in [0.25, 0.3) is 5.91 Å². The Balaban J connectivity index is 1.52. The first-order valence-corrected chi connectivity index (χ1v) is 11.0. The maximum atomic E-state index is 13.6. The molecular formula is C25H28N2O4. The third kappa shape index (κ3) is 4.48. The Kier molecular flexibility index (Phi) is 6.35. The van der Waals surface area contributed by atoms with E-state index < -0.39 is 6.04 Å². The fourth-order valence-corrected chi connectivity index (χ4v) is 4.50. The zero-order chi connectivity index (χ0) is 21.8. The number of benzene rings is 2. The van der Waals surface area contributed by atoms with E-state index in [9.17, 15) is 14.4 Å². The SMILES string of the molecule is CCOC(=O)C1CCN(C(=O)[C@H](Cc2ccccc2)N2Cc3ccccc3C2=O)CC1. The number of carbonyl (C=O) groups excluding carboxylic acids is 3. The van der Waals surface area contributed by atoms with Gasteiger partial charge in [0.1, 0.15) is 6.04 Å². The van der Waals surface area contributed by atoms with Gasteiger partial charge in [0.05, 0.1) is 12.5 Å². The Morgan fingerprint density at radius 2 is 1.71 bits per heavy atom. The topological polar surface area (TPSA) is 66.9 Å². The quantitative estimate of drug-likeness (QED) is 0.674. The predicted octanol–water partition coefficient (Wildman–Crippen LogP) is 3.06. The molecule has 2 aliphatic rings. The third-order valence-electron chi connectivity index (χ3n) is 6.21. The molecule has 1 saturated heterocycles. The lowest BCUT2D eigenvalue weighted by Crippen LogP contribution is -2.52. The molecule has 2 aromatic rings. The molecule has 2 amide bonds. The molecule has 0 radical (unpaired) electrons. The van der Waals surface area contributed by atoms with Crippen molar-refractivity contribution in [2.24, 2.45) is 5.92 Å². The number of hydrogen-bond acceptors (Lipinski definition) is 4. The number of likely N-dealkylation sites (tertiary alicyclic amines) is 1. The number of esters is 1. The number of nitrogens with zero attached hydrogens (tertiary/aromatic N) is 2. The van der Waals surface area contributed by atoms with E-state index in [-0.39, 0.29) is 23.7 Å². The number of hydrogen-bond donors (Lipinski definition) is 0. The van der Waals surface area contributed by atoms with Crippen molar-refractivity contribution in [1.82, 2.24) is 9.80 Å². The van der Waals surface area contributed by atoms with E-state index >= 15 is 0 Å². The van der Waals surface area contributed by atoms with Crippen molar-refractivity contribution in [2.45, 2.75) is 38.8 Å². The van der Waals surface area contributed by atoms with Gasteiger partial charge >= 0.3 is 5.97 Å². The fraction of sp³-hybridized carbons (Fsp3) is 0.400. The van der Waals surface area contributed by atoms with Crippen LogP contribution in [0.15, 0.2) is 54.6 Å². The zero-order valence-electron chi connectivity index (χ0n) is 17.8. The molecule has 0 saturated carbocycles. The van der Waals surface area contributed by atoms with Crippen LogP contribution in [-0.4, -0.2) is 53.3 Å². The molecule has 0 bridgehead atoms. The predicted molar refractivity (Wildman–Crippen MR) is 116 cm³/mol. The van der Waals surface area contributed by atoms with Crippen LogP contribution in [0.4, 0.5) is 0 Å². The summed E-state index contributed by atoms with van der Waals surface area (Å²) in [7, 11) is 0. The van der Waals surface area contributed by atoms with Crippen molar-refractivity contribution >= 4 is 17.8 Å². The first-order chi connectivity index (χ1) is 15.1. The standard InChI is InChI=1S/C25H28N2O4/c1-2-31-25(30)19-12-14-26(15-13-19)24(29)22(16-18-8-4-3-5-9-18)27-17-20-10-6-7-11-21(20)23(27)28/h3-11,19,22H,2,12-17H2,1H3/t22-/m0/s1. The molecule has 1 atom stereocenters. The summed E-state index contributed by atoms with van der Waals surface area (Å²) in [6, 6.07) is 16.8.